The number of rotatable bonds is 13. The predicted molar refractivity (Wildman–Crippen MR) is 183 cm³/mol. The Kier molecular flexibility index (Phi) is 10.9. The summed E-state index contributed by atoms with van der Waals surface area (Å²) >= 11 is 0. The van der Waals surface area contributed by atoms with Crippen molar-refractivity contribution in [1.29, 1.82) is 0 Å². The zero-order valence-corrected chi connectivity index (χ0v) is 27.5. The van der Waals surface area contributed by atoms with E-state index in [-0.39, 0.29) is 23.4 Å². The van der Waals surface area contributed by atoms with E-state index in [1.807, 2.05) is 80.6 Å². The molecule has 0 heterocycles. The van der Waals surface area contributed by atoms with Gasteiger partial charge >= 0.3 is 0 Å². The van der Waals surface area contributed by atoms with Gasteiger partial charge in [0.05, 0.1) is 10.6 Å². The first-order valence-electron chi connectivity index (χ1n) is 16.1. The van der Waals surface area contributed by atoms with Crippen molar-refractivity contribution in [1.82, 2.24) is 10.2 Å². The number of anilines is 1. The van der Waals surface area contributed by atoms with Crippen molar-refractivity contribution in [3.8, 4) is 0 Å². The van der Waals surface area contributed by atoms with Gasteiger partial charge in [-0.05, 0) is 67.1 Å². The maximum Gasteiger partial charge on any atom is 0.264 e. The van der Waals surface area contributed by atoms with Crippen LogP contribution in [0.4, 0.5) is 5.69 Å². The highest BCUT2D eigenvalue weighted by Gasteiger charge is 2.35. The van der Waals surface area contributed by atoms with Crippen LogP contribution < -0.4 is 9.62 Å². The third-order valence-electron chi connectivity index (χ3n) is 8.65. The summed E-state index contributed by atoms with van der Waals surface area (Å²) in [5.41, 5.74) is 4.26. The number of carbonyl (C=O) groups is 2. The molecule has 1 fully saturated rings. The third-order valence-corrected chi connectivity index (χ3v) is 10.4. The average molecular weight is 638 g/mol. The van der Waals surface area contributed by atoms with Gasteiger partial charge in [0.1, 0.15) is 12.6 Å². The normalized spacial score (nSPS) is 14.0. The third kappa shape index (κ3) is 8.23. The van der Waals surface area contributed by atoms with Crippen LogP contribution >= 0.6 is 0 Å². The van der Waals surface area contributed by atoms with Gasteiger partial charge < -0.3 is 10.2 Å². The number of nitrogens with one attached hydrogen (secondary N) is 1. The van der Waals surface area contributed by atoms with E-state index < -0.39 is 28.5 Å². The van der Waals surface area contributed by atoms with Gasteiger partial charge in [-0.2, -0.15) is 0 Å². The number of sulfonamides is 1. The number of amides is 2. The van der Waals surface area contributed by atoms with Crippen molar-refractivity contribution in [3.63, 3.8) is 0 Å². The summed E-state index contributed by atoms with van der Waals surface area (Å²) in [7, 11) is -4.12. The van der Waals surface area contributed by atoms with Crippen LogP contribution in [0.2, 0.25) is 0 Å². The lowest BCUT2D eigenvalue weighted by Gasteiger charge is -2.34. The highest BCUT2D eigenvalue weighted by molar-refractivity contribution is 7.92. The van der Waals surface area contributed by atoms with Crippen LogP contribution in [0.1, 0.15) is 54.9 Å². The molecule has 8 heteroatoms. The molecule has 4 aromatic rings. The largest absolute Gasteiger partial charge is 0.352 e. The second-order valence-corrected chi connectivity index (χ2v) is 13.9. The molecule has 7 nitrogen and oxygen atoms in total. The summed E-state index contributed by atoms with van der Waals surface area (Å²) in [5, 5.41) is 3.22. The summed E-state index contributed by atoms with van der Waals surface area (Å²) in [6.07, 6.45) is 5.03. The molecule has 240 valence electrons. The molecule has 4 aromatic carbocycles. The molecule has 2 amide bonds. The Bertz CT molecular complexity index is 1700. The zero-order valence-electron chi connectivity index (χ0n) is 26.6. The standard InChI is InChI=1S/C38H43N3O4S/c1-3-30-21-23-34(24-22-30)41(46(44,45)35-19-8-5-9-20-35)28-37(42)40(27-32-16-12-13-29(2)25-32)36(26-31-14-6-4-7-15-31)38(43)39-33-17-10-11-18-33/h4-9,12-16,19-25,33,36H,3,10-11,17-18,26-28H2,1-2H3,(H,39,43)/t36-/m1/s1. The second-order valence-electron chi connectivity index (χ2n) is 12.1. The number of benzene rings is 4. The fourth-order valence-corrected chi connectivity index (χ4v) is 7.51. The molecule has 0 radical (unpaired) electrons. The summed E-state index contributed by atoms with van der Waals surface area (Å²) < 4.78 is 29.5. The monoisotopic (exact) mass is 637 g/mol. The Balaban J connectivity index is 1.56. The summed E-state index contributed by atoms with van der Waals surface area (Å²) in [6, 6.07) is 32.1. The Morgan fingerprint density at radius 1 is 0.804 bits per heavy atom. The van der Waals surface area contributed by atoms with Crippen molar-refractivity contribution >= 4 is 27.5 Å². The fourth-order valence-electron chi connectivity index (χ4n) is 6.08. The van der Waals surface area contributed by atoms with E-state index in [0.717, 1.165) is 54.4 Å². The molecular weight excluding hydrogens is 595 g/mol. The van der Waals surface area contributed by atoms with Crippen molar-refractivity contribution in [2.75, 3.05) is 10.8 Å². The Labute approximate surface area is 273 Å². The Hall–Kier alpha value is -4.43. The zero-order chi connectivity index (χ0) is 32.5. The first-order chi connectivity index (χ1) is 22.2. The van der Waals surface area contributed by atoms with Crippen molar-refractivity contribution in [2.24, 2.45) is 0 Å². The van der Waals surface area contributed by atoms with E-state index in [4.69, 9.17) is 0 Å². The van der Waals surface area contributed by atoms with Gasteiger partial charge in [0.2, 0.25) is 11.8 Å². The average Bonchev–Trinajstić information content (AvgIpc) is 3.59. The molecule has 0 spiro atoms. The van der Waals surface area contributed by atoms with Crippen LogP contribution in [0.3, 0.4) is 0 Å². The highest BCUT2D eigenvalue weighted by Crippen LogP contribution is 2.26. The van der Waals surface area contributed by atoms with Gasteiger partial charge in [-0.15, -0.1) is 0 Å². The molecule has 0 aliphatic heterocycles. The number of carbonyl (C=O) groups excluding carboxylic acids is 2. The molecule has 5 rings (SSSR count). The fraction of sp³-hybridized carbons (Fsp3) is 0.316. The topological polar surface area (TPSA) is 86.8 Å². The minimum atomic E-state index is -4.12. The van der Waals surface area contributed by atoms with Crippen molar-refractivity contribution in [3.05, 3.63) is 131 Å². The van der Waals surface area contributed by atoms with Gasteiger partial charge in [0.25, 0.3) is 10.0 Å². The van der Waals surface area contributed by atoms with Gasteiger partial charge in [-0.3, -0.25) is 13.9 Å². The molecule has 1 aliphatic rings. The number of hydrogen-bond donors (Lipinski definition) is 1. The van der Waals surface area contributed by atoms with Crippen LogP contribution in [-0.2, 0) is 39.0 Å². The summed E-state index contributed by atoms with van der Waals surface area (Å²) in [5.74, 6) is -0.676. The van der Waals surface area contributed by atoms with Crippen LogP contribution in [0.15, 0.2) is 114 Å². The predicted octanol–water partition coefficient (Wildman–Crippen LogP) is 6.45. The van der Waals surface area contributed by atoms with Crippen LogP contribution in [-0.4, -0.2) is 43.8 Å². The molecule has 0 bridgehead atoms. The van der Waals surface area contributed by atoms with E-state index >= 15 is 0 Å². The second kappa shape index (κ2) is 15.2. The minimum absolute atomic E-state index is 0.0636. The van der Waals surface area contributed by atoms with E-state index in [9.17, 15) is 18.0 Å². The summed E-state index contributed by atoms with van der Waals surface area (Å²) in [4.78, 5) is 30.4. The van der Waals surface area contributed by atoms with E-state index in [1.165, 1.54) is 16.4 Å². The Morgan fingerprint density at radius 3 is 2.07 bits per heavy atom. The minimum Gasteiger partial charge on any atom is -0.352 e. The molecule has 0 saturated heterocycles. The lowest BCUT2D eigenvalue weighted by molar-refractivity contribution is -0.140. The molecule has 1 N–H and O–H groups in total. The molecule has 1 saturated carbocycles. The first kappa shape index (κ1) is 32.9. The van der Waals surface area contributed by atoms with Gasteiger partial charge in [-0.1, -0.05) is 110 Å². The molecule has 1 atom stereocenters. The SMILES string of the molecule is CCc1ccc(N(CC(=O)N(Cc2cccc(C)c2)[C@H](Cc2ccccc2)C(=O)NC2CCCC2)S(=O)(=O)c2ccccc2)cc1. The number of aryl methyl sites for hydroxylation is 2. The molecule has 1 aliphatic carbocycles. The number of nitrogens with zero attached hydrogens (tertiary/aromatic N) is 2. The van der Waals surface area contributed by atoms with E-state index in [2.05, 4.69) is 5.32 Å². The van der Waals surface area contributed by atoms with Crippen LogP contribution in [0, 0.1) is 6.92 Å². The van der Waals surface area contributed by atoms with Crippen LogP contribution in [0.5, 0.6) is 0 Å². The number of hydrogen-bond acceptors (Lipinski definition) is 4. The van der Waals surface area contributed by atoms with Gasteiger partial charge in [0, 0.05) is 19.0 Å². The lowest BCUT2D eigenvalue weighted by atomic mass is 10.0. The first-order valence-corrected chi connectivity index (χ1v) is 17.5. The summed E-state index contributed by atoms with van der Waals surface area (Å²) in [6.45, 7) is 3.71. The van der Waals surface area contributed by atoms with E-state index in [0.29, 0.717) is 12.1 Å². The smallest absolute Gasteiger partial charge is 0.264 e. The quantitative estimate of drug-likeness (QED) is 0.183. The molecular formula is C38H43N3O4S. The van der Waals surface area contributed by atoms with Gasteiger partial charge in [0.15, 0.2) is 0 Å². The van der Waals surface area contributed by atoms with E-state index in [1.54, 1.807) is 35.2 Å². The van der Waals surface area contributed by atoms with Crippen molar-refractivity contribution in [2.45, 2.75) is 75.9 Å². The molecule has 46 heavy (non-hydrogen) atoms. The maximum absolute atomic E-state index is 14.6. The van der Waals surface area contributed by atoms with Crippen LogP contribution in [0.25, 0.3) is 0 Å². The highest BCUT2D eigenvalue weighted by atomic mass is 32.2. The molecule has 0 unspecified atom stereocenters. The van der Waals surface area contributed by atoms with Crippen molar-refractivity contribution < 1.29 is 18.0 Å². The lowest BCUT2D eigenvalue weighted by Crippen LogP contribution is -2.54. The Morgan fingerprint density at radius 2 is 1.43 bits per heavy atom. The molecule has 0 aromatic heterocycles. The maximum atomic E-state index is 14.6. The van der Waals surface area contributed by atoms with Gasteiger partial charge in [-0.25, -0.2) is 8.42 Å².